The van der Waals surface area contributed by atoms with Gasteiger partial charge in [0.15, 0.2) is 17.3 Å². The van der Waals surface area contributed by atoms with E-state index in [1.54, 1.807) is 35.0 Å². The fourth-order valence-corrected chi connectivity index (χ4v) is 5.38. The molecule has 0 amide bonds. The van der Waals surface area contributed by atoms with Gasteiger partial charge in [0.1, 0.15) is 24.8 Å². The second-order valence-electron chi connectivity index (χ2n) is 10.7. The summed E-state index contributed by atoms with van der Waals surface area (Å²) in [5.74, 6) is 1.22. The van der Waals surface area contributed by atoms with Crippen molar-refractivity contribution in [2.45, 2.75) is 39.5 Å². The topological polar surface area (TPSA) is 98.2 Å². The van der Waals surface area contributed by atoms with Crippen molar-refractivity contribution in [1.82, 2.24) is 30.1 Å². The lowest BCUT2D eigenvalue weighted by Gasteiger charge is -2.33. The number of hydrogen-bond acceptors (Lipinski definition) is 7. The van der Waals surface area contributed by atoms with Crippen molar-refractivity contribution in [2.24, 2.45) is 5.92 Å². The Hall–Kier alpha value is -4.64. The standard InChI is InChI=1S/C31H30F2N6O3/c1-19(2)29(30-35-36-37-39(30)17-21-5-9-25(33)10-6-21)38(16-20-3-7-24(32)8-4-20)18-23-13-22-14-27-28(42-12-11-41-27)15-26(22)34-31(23)40/h3-10,13-15,19,29H,11-12,16-18H2,1-2H3,(H,34,40)/t29-/m0/s1. The maximum absolute atomic E-state index is 13.8. The molecule has 0 spiro atoms. The van der Waals surface area contributed by atoms with E-state index in [-0.39, 0.29) is 35.7 Å². The van der Waals surface area contributed by atoms with E-state index in [0.717, 1.165) is 16.5 Å². The Balaban J connectivity index is 1.39. The molecule has 216 valence electrons. The van der Waals surface area contributed by atoms with Gasteiger partial charge in [0.2, 0.25) is 0 Å². The molecule has 0 unspecified atom stereocenters. The number of aromatic amines is 1. The molecule has 1 aliphatic rings. The van der Waals surface area contributed by atoms with Gasteiger partial charge in [-0.2, -0.15) is 0 Å². The average molecular weight is 573 g/mol. The molecule has 6 rings (SSSR count). The van der Waals surface area contributed by atoms with Crippen molar-refractivity contribution in [3.63, 3.8) is 0 Å². The minimum absolute atomic E-state index is 0.0283. The summed E-state index contributed by atoms with van der Waals surface area (Å²) in [5.41, 5.74) is 2.69. The molecule has 42 heavy (non-hydrogen) atoms. The molecule has 0 fully saturated rings. The van der Waals surface area contributed by atoms with Crippen molar-refractivity contribution >= 4 is 10.9 Å². The van der Waals surface area contributed by atoms with Crippen LogP contribution in [-0.4, -0.2) is 43.3 Å². The summed E-state index contributed by atoms with van der Waals surface area (Å²) in [6, 6.07) is 17.7. The van der Waals surface area contributed by atoms with Crippen LogP contribution < -0.4 is 15.0 Å². The third kappa shape index (κ3) is 5.87. The number of benzene rings is 3. The van der Waals surface area contributed by atoms with Gasteiger partial charge >= 0.3 is 0 Å². The molecule has 1 atom stereocenters. The molecule has 1 aliphatic heterocycles. The Morgan fingerprint density at radius 3 is 2.21 bits per heavy atom. The molecule has 5 aromatic rings. The zero-order valence-corrected chi connectivity index (χ0v) is 23.3. The first-order valence-electron chi connectivity index (χ1n) is 13.8. The quantitative estimate of drug-likeness (QED) is 0.265. The number of ether oxygens (including phenoxy) is 2. The summed E-state index contributed by atoms with van der Waals surface area (Å²) >= 11 is 0. The molecule has 0 saturated carbocycles. The predicted octanol–water partition coefficient (Wildman–Crippen LogP) is 5.01. The normalized spacial score (nSPS) is 13.7. The molecular formula is C31H30F2N6O3. The molecule has 0 saturated heterocycles. The van der Waals surface area contributed by atoms with E-state index in [0.29, 0.717) is 54.7 Å². The number of hydrogen-bond donors (Lipinski definition) is 1. The van der Waals surface area contributed by atoms with Gasteiger partial charge in [-0.1, -0.05) is 38.1 Å². The fourth-order valence-electron chi connectivity index (χ4n) is 5.38. The predicted molar refractivity (Wildman–Crippen MR) is 152 cm³/mol. The van der Waals surface area contributed by atoms with Crippen molar-refractivity contribution in [1.29, 1.82) is 0 Å². The van der Waals surface area contributed by atoms with E-state index in [2.05, 4.69) is 39.3 Å². The largest absolute Gasteiger partial charge is 0.486 e. The van der Waals surface area contributed by atoms with Crippen molar-refractivity contribution in [3.05, 3.63) is 111 Å². The van der Waals surface area contributed by atoms with Crippen LogP contribution in [0.25, 0.3) is 10.9 Å². The molecule has 9 nitrogen and oxygen atoms in total. The molecule has 1 N–H and O–H groups in total. The lowest BCUT2D eigenvalue weighted by molar-refractivity contribution is 0.126. The van der Waals surface area contributed by atoms with Gasteiger partial charge in [-0.15, -0.1) is 5.10 Å². The second-order valence-corrected chi connectivity index (χ2v) is 10.7. The van der Waals surface area contributed by atoms with Gasteiger partial charge in [-0.05, 0) is 63.9 Å². The van der Waals surface area contributed by atoms with E-state index >= 15 is 0 Å². The fraction of sp³-hybridized carbons (Fsp3) is 0.290. The van der Waals surface area contributed by atoms with Crippen LogP contribution in [0.4, 0.5) is 8.78 Å². The van der Waals surface area contributed by atoms with Crippen LogP contribution in [-0.2, 0) is 19.6 Å². The van der Waals surface area contributed by atoms with Crippen molar-refractivity contribution in [3.8, 4) is 11.5 Å². The lowest BCUT2D eigenvalue weighted by atomic mass is 9.99. The summed E-state index contributed by atoms with van der Waals surface area (Å²) in [6.07, 6.45) is 0. The maximum atomic E-state index is 13.8. The van der Waals surface area contributed by atoms with Gasteiger partial charge in [-0.3, -0.25) is 9.69 Å². The van der Waals surface area contributed by atoms with Crippen molar-refractivity contribution < 1.29 is 18.3 Å². The lowest BCUT2D eigenvalue weighted by Crippen LogP contribution is -2.35. The Kier molecular flexibility index (Phi) is 7.66. The first-order valence-corrected chi connectivity index (χ1v) is 13.8. The van der Waals surface area contributed by atoms with E-state index in [1.807, 2.05) is 12.1 Å². The minimum atomic E-state index is -0.325. The van der Waals surface area contributed by atoms with Crippen LogP contribution in [0.3, 0.4) is 0 Å². The van der Waals surface area contributed by atoms with Crippen LogP contribution in [0.2, 0.25) is 0 Å². The SMILES string of the molecule is CC(C)[C@@H](c1nnnn1Cc1ccc(F)cc1)N(Cc1ccc(F)cc1)Cc1cc2cc3c(cc2[nH]c1=O)OCCO3. The number of nitrogens with zero attached hydrogens (tertiary/aromatic N) is 5. The Labute approximate surface area is 240 Å². The number of nitrogens with one attached hydrogen (secondary N) is 1. The molecule has 2 aromatic heterocycles. The van der Waals surface area contributed by atoms with Gasteiger partial charge < -0.3 is 14.5 Å². The highest BCUT2D eigenvalue weighted by Gasteiger charge is 2.30. The zero-order valence-electron chi connectivity index (χ0n) is 23.3. The summed E-state index contributed by atoms with van der Waals surface area (Å²) in [7, 11) is 0. The molecule has 0 aliphatic carbocycles. The van der Waals surface area contributed by atoms with Crippen LogP contribution >= 0.6 is 0 Å². The number of pyridine rings is 1. The molecule has 3 heterocycles. The summed E-state index contributed by atoms with van der Waals surface area (Å²) in [6.45, 7) is 6.06. The molecular weight excluding hydrogens is 542 g/mol. The third-order valence-corrected chi connectivity index (χ3v) is 7.35. The number of rotatable bonds is 9. The number of fused-ring (bicyclic) bond motifs is 2. The summed E-state index contributed by atoms with van der Waals surface area (Å²) in [5, 5.41) is 13.4. The minimum Gasteiger partial charge on any atom is -0.486 e. The maximum Gasteiger partial charge on any atom is 0.252 e. The average Bonchev–Trinajstić information content (AvgIpc) is 3.42. The van der Waals surface area contributed by atoms with Crippen molar-refractivity contribution in [2.75, 3.05) is 13.2 Å². The Morgan fingerprint density at radius 1 is 0.905 bits per heavy atom. The van der Waals surface area contributed by atoms with Crippen LogP contribution in [0.15, 0.2) is 71.5 Å². The zero-order chi connectivity index (χ0) is 29.2. The van der Waals surface area contributed by atoms with Gasteiger partial charge in [0.25, 0.3) is 5.56 Å². The Morgan fingerprint density at radius 2 is 1.55 bits per heavy atom. The number of aromatic nitrogens is 5. The molecule has 3 aromatic carbocycles. The number of halogens is 2. The highest BCUT2D eigenvalue weighted by atomic mass is 19.1. The second kappa shape index (κ2) is 11.7. The first kappa shape index (κ1) is 27.5. The third-order valence-electron chi connectivity index (χ3n) is 7.35. The highest BCUT2D eigenvalue weighted by molar-refractivity contribution is 5.83. The molecule has 11 heteroatoms. The van der Waals surface area contributed by atoms with E-state index < -0.39 is 0 Å². The number of tetrazole rings is 1. The van der Waals surface area contributed by atoms with Gasteiger partial charge in [0.05, 0.1) is 18.1 Å². The first-order chi connectivity index (χ1) is 20.3. The van der Waals surface area contributed by atoms with E-state index in [1.165, 1.54) is 24.3 Å². The summed E-state index contributed by atoms with van der Waals surface area (Å²) < 4.78 is 40.4. The van der Waals surface area contributed by atoms with Crippen LogP contribution in [0.1, 0.15) is 42.4 Å². The Bertz CT molecular complexity index is 1750. The molecule has 0 bridgehead atoms. The van der Waals surface area contributed by atoms with E-state index in [9.17, 15) is 13.6 Å². The number of H-pyrrole nitrogens is 1. The molecule has 0 radical (unpaired) electrons. The smallest absolute Gasteiger partial charge is 0.252 e. The van der Waals surface area contributed by atoms with Crippen LogP contribution in [0, 0.1) is 17.6 Å². The highest BCUT2D eigenvalue weighted by Crippen LogP contribution is 2.35. The van der Waals surface area contributed by atoms with Gasteiger partial charge in [0, 0.05) is 30.1 Å². The van der Waals surface area contributed by atoms with Gasteiger partial charge in [-0.25, -0.2) is 13.5 Å². The van der Waals surface area contributed by atoms with Crippen LogP contribution in [0.5, 0.6) is 11.5 Å². The summed E-state index contributed by atoms with van der Waals surface area (Å²) in [4.78, 5) is 18.5. The van der Waals surface area contributed by atoms with E-state index in [4.69, 9.17) is 9.47 Å². The monoisotopic (exact) mass is 572 g/mol.